The molecule has 0 spiro atoms. The van der Waals surface area contributed by atoms with E-state index in [2.05, 4.69) is 10.1 Å². The van der Waals surface area contributed by atoms with Crippen LogP contribution in [0.3, 0.4) is 0 Å². The van der Waals surface area contributed by atoms with Crippen molar-refractivity contribution in [2.24, 2.45) is 0 Å². The van der Waals surface area contributed by atoms with Crippen LogP contribution in [0.15, 0.2) is 29.1 Å². The van der Waals surface area contributed by atoms with Crippen LogP contribution in [0.2, 0.25) is 0 Å². The Hall–Kier alpha value is -2.08. The van der Waals surface area contributed by atoms with Crippen molar-refractivity contribution >= 4 is 0 Å². The molecule has 16 heavy (non-hydrogen) atoms. The Morgan fingerprint density at radius 1 is 1.56 bits per heavy atom. The summed E-state index contributed by atoms with van der Waals surface area (Å²) in [5, 5.41) is 12.8. The van der Waals surface area contributed by atoms with Gasteiger partial charge in [0.1, 0.15) is 12.4 Å². The molecule has 0 saturated carbocycles. The Labute approximate surface area is 91.1 Å². The summed E-state index contributed by atoms with van der Waals surface area (Å²) in [5.41, 5.74) is 0.192. The Kier molecular flexibility index (Phi) is 2.74. The number of benzene rings is 1. The maximum Gasteiger partial charge on any atom is 0.348 e. The fourth-order valence-electron chi connectivity index (χ4n) is 1.36. The Morgan fingerprint density at radius 2 is 2.38 bits per heavy atom. The Bertz CT molecular complexity index is 544. The van der Waals surface area contributed by atoms with Crippen LogP contribution in [0.5, 0.6) is 5.75 Å². The number of aliphatic hydroxyl groups is 1. The first-order valence-electron chi connectivity index (χ1n) is 4.68. The highest BCUT2D eigenvalue weighted by atomic mass is 16.5. The molecule has 0 amide bonds. The molecule has 2 rings (SSSR count). The summed E-state index contributed by atoms with van der Waals surface area (Å²) in [4.78, 5) is 13.9. The molecule has 0 saturated heterocycles. The van der Waals surface area contributed by atoms with Gasteiger partial charge in [0.25, 0.3) is 0 Å². The van der Waals surface area contributed by atoms with E-state index < -0.39 is 5.69 Å². The molecule has 1 aromatic heterocycles. The fourth-order valence-corrected chi connectivity index (χ4v) is 1.36. The highest BCUT2D eigenvalue weighted by Gasteiger charge is 2.06. The molecule has 0 atom stereocenters. The second kappa shape index (κ2) is 4.19. The predicted octanol–water partition coefficient (Wildman–Crippen LogP) is 0.0615. The van der Waals surface area contributed by atoms with Crippen molar-refractivity contribution < 1.29 is 9.84 Å². The van der Waals surface area contributed by atoms with Gasteiger partial charge in [0, 0.05) is 6.07 Å². The van der Waals surface area contributed by atoms with E-state index in [1.54, 1.807) is 31.4 Å². The molecule has 0 aliphatic heterocycles. The number of H-pyrrole nitrogens is 1. The summed E-state index contributed by atoms with van der Waals surface area (Å²) in [7, 11) is 1.55. The number of aromatic amines is 1. The minimum absolute atomic E-state index is 0.229. The lowest BCUT2D eigenvalue weighted by molar-refractivity contribution is 0.271. The van der Waals surface area contributed by atoms with Crippen LogP contribution >= 0.6 is 0 Å². The molecule has 0 unspecified atom stereocenters. The van der Waals surface area contributed by atoms with Gasteiger partial charge in [-0.15, -0.1) is 5.10 Å². The van der Waals surface area contributed by atoms with Crippen molar-refractivity contribution in [1.82, 2.24) is 14.8 Å². The monoisotopic (exact) mass is 221 g/mol. The molecule has 84 valence electrons. The molecule has 0 aliphatic rings. The summed E-state index contributed by atoms with van der Waals surface area (Å²) in [6, 6.07) is 6.94. The average Bonchev–Trinajstić information content (AvgIpc) is 2.71. The summed E-state index contributed by atoms with van der Waals surface area (Å²) in [6.07, 6.45) is 0. The van der Waals surface area contributed by atoms with E-state index in [1.807, 2.05) is 0 Å². The van der Waals surface area contributed by atoms with Crippen molar-refractivity contribution in [1.29, 1.82) is 0 Å². The van der Waals surface area contributed by atoms with E-state index in [1.165, 1.54) is 4.68 Å². The molecule has 0 aliphatic carbocycles. The molecule has 1 heterocycles. The van der Waals surface area contributed by atoms with Crippen LogP contribution in [-0.2, 0) is 6.61 Å². The SMILES string of the molecule is COc1cccc(-n2nc(CO)[nH]c2=O)c1. The molecule has 1 aromatic carbocycles. The zero-order valence-electron chi connectivity index (χ0n) is 8.67. The van der Waals surface area contributed by atoms with Crippen molar-refractivity contribution in [2.45, 2.75) is 6.61 Å². The van der Waals surface area contributed by atoms with Crippen LogP contribution in [-0.4, -0.2) is 27.0 Å². The maximum atomic E-state index is 11.5. The van der Waals surface area contributed by atoms with E-state index in [0.717, 1.165) is 0 Å². The summed E-state index contributed by atoms with van der Waals surface area (Å²) >= 11 is 0. The van der Waals surface area contributed by atoms with Gasteiger partial charge < -0.3 is 9.84 Å². The number of ether oxygens (including phenoxy) is 1. The standard InChI is InChI=1S/C10H11N3O3/c1-16-8-4-2-3-7(5-8)13-10(15)11-9(6-14)12-13/h2-5,14H,6H2,1H3,(H,11,12,15). The van der Waals surface area contributed by atoms with Gasteiger partial charge in [-0.1, -0.05) is 6.07 Å². The normalized spacial score (nSPS) is 10.4. The number of rotatable bonds is 3. The van der Waals surface area contributed by atoms with Crippen molar-refractivity contribution in [2.75, 3.05) is 7.11 Å². The minimum Gasteiger partial charge on any atom is -0.497 e. The molecule has 2 aromatic rings. The zero-order chi connectivity index (χ0) is 11.5. The van der Waals surface area contributed by atoms with Gasteiger partial charge >= 0.3 is 5.69 Å². The van der Waals surface area contributed by atoms with Gasteiger partial charge in [0.05, 0.1) is 12.8 Å². The highest BCUT2D eigenvalue weighted by molar-refractivity contribution is 5.38. The van der Waals surface area contributed by atoms with Crippen LogP contribution in [0, 0.1) is 0 Å². The minimum atomic E-state index is -0.391. The maximum absolute atomic E-state index is 11.5. The Morgan fingerprint density at radius 3 is 3.00 bits per heavy atom. The number of nitrogens with zero attached hydrogens (tertiary/aromatic N) is 2. The first-order valence-corrected chi connectivity index (χ1v) is 4.68. The summed E-state index contributed by atoms with van der Waals surface area (Å²) in [5.74, 6) is 0.866. The molecular formula is C10H11N3O3. The van der Waals surface area contributed by atoms with Gasteiger partial charge in [-0.3, -0.25) is 4.98 Å². The Balaban J connectivity index is 2.49. The molecule has 0 radical (unpaired) electrons. The summed E-state index contributed by atoms with van der Waals surface area (Å²) < 4.78 is 6.22. The molecule has 0 fully saturated rings. The zero-order valence-corrected chi connectivity index (χ0v) is 8.67. The van der Waals surface area contributed by atoms with Crippen molar-refractivity contribution in [3.63, 3.8) is 0 Å². The van der Waals surface area contributed by atoms with Gasteiger partial charge in [-0.25, -0.2) is 4.79 Å². The van der Waals surface area contributed by atoms with Crippen molar-refractivity contribution in [3.05, 3.63) is 40.6 Å². The third-order valence-electron chi connectivity index (χ3n) is 2.11. The second-order valence-electron chi connectivity index (χ2n) is 3.15. The number of aliphatic hydroxyl groups excluding tert-OH is 1. The first-order chi connectivity index (χ1) is 7.74. The van der Waals surface area contributed by atoms with Crippen molar-refractivity contribution in [3.8, 4) is 11.4 Å². The quantitative estimate of drug-likeness (QED) is 0.768. The van der Waals surface area contributed by atoms with Gasteiger partial charge in [0.15, 0.2) is 5.82 Å². The molecule has 6 heteroatoms. The van der Waals surface area contributed by atoms with E-state index in [4.69, 9.17) is 9.84 Å². The predicted molar refractivity (Wildman–Crippen MR) is 56.7 cm³/mol. The van der Waals surface area contributed by atoms with E-state index in [-0.39, 0.29) is 12.4 Å². The third kappa shape index (κ3) is 1.82. The second-order valence-corrected chi connectivity index (χ2v) is 3.15. The lowest BCUT2D eigenvalue weighted by atomic mass is 10.3. The molecular weight excluding hydrogens is 210 g/mol. The molecule has 0 bridgehead atoms. The molecule has 2 N–H and O–H groups in total. The highest BCUT2D eigenvalue weighted by Crippen LogP contribution is 2.14. The van der Waals surface area contributed by atoms with Crippen LogP contribution in [0.4, 0.5) is 0 Å². The number of hydrogen-bond donors (Lipinski definition) is 2. The van der Waals surface area contributed by atoms with Crippen LogP contribution < -0.4 is 10.4 Å². The third-order valence-corrected chi connectivity index (χ3v) is 2.11. The average molecular weight is 221 g/mol. The van der Waals surface area contributed by atoms with Crippen LogP contribution in [0.25, 0.3) is 5.69 Å². The van der Waals surface area contributed by atoms with Gasteiger partial charge in [-0.05, 0) is 12.1 Å². The van der Waals surface area contributed by atoms with E-state index in [0.29, 0.717) is 11.4 Å². The smallest absolute Gasteiger partial charge is 0.348 e. The number of aromatic nitrogens is 3. The molecule has 6 nitrogen and oxygen atoms in total. The lowest BCUT2D eigenvalue weighted by Crippen LogP contribution is -2.15. The first kappa shape index (κ1) is 10.4. The number of nitrogens with one attached hydrogen (secondary N) is 1. The number of hydrogen-bond acceptors (Lipinski definition) is 4. The van der Waals surface area contributed by atoms with E-state index in [9.17, 15) is 4.79 Å². The van der Waals surface area contributed by atoms with Crippen LogP contribution in [0.1, 0.15) is 5.82 Å². The van der Waals surface area contributed by atoms with E-state index >= 15 is 0 Å². The summed E-state index contributed by atoms with van der Waals surface area (Å²) in [6.45, 7) is -0.299. The largest absolute Gasteiger partial charge is 0.497 e. The lowest BCUT2D eigenvalue weighted by Gasteiger charge is -2.02. The number of methoxy groups -OCH3 is 1. The fraction of sp³-hybridized carbons (Fsp3) is 0.200. The van der Waals surface area contributed by atoms with Gasteiger partial charge in [0.2, 0.25) is 0 Å². The topological polar surface area (TPSA) is 80.1 Å². The van der Waals surface area contributed by atoms with Gasteiger partial charge in [-0.2, -0.15) is 4.68 Å².